The summed E-state index contributed by atoms with van der Waals surface area (Å²) in [6, 6.07) is 11.7. The monoisotopic (exact) mass is 407 g/mol. The first kappa shape index (κ1) is 20.7. The summed E-state index contributed by atoms with van der Waals surface area (Å²) in [6.45, 7) is 0. The zero-order valence-corrected chi connectivity index (χ0v) is 16.0. The molecule has 2 aromatic carbocycles. The molecule has 0 heterocycles. The summed E-state index contributed by atoms with van der Waals surface area (Å²) >= 11 is 7.55. The van der Waals surface area contributed by atoms with Crippen LogP contribution in [0.5, 0.6) is 0 Å². The van der Waals surface area contributed by atoms with Crippen molar-refractivity contribution in [2.45, 2.75) is 12.5 Å². The first-order valence-corrected chi connectivity index (χ1v) is 9.79. The number of nitro benzene ring substituents is 1. The van der Waals surface area contributed by atoms with Gasteiger partial charge in [-0.2, -0.15) is 11.8 Å². The number of hydrogen-bond acceptors (Lipinski definition) is 5. The second kappa shape index (κ2) is 9.94. The van der Waals surface area contributed by atoms with E-state index in [1.165, 1.54) is 12.1 Å². The number of carbonyl (C=O) groups is 2. The van der Waals surface area contributed by atoms with Gasteiger partial charge in [-0.05, 0) is 36.6 Å². The van der Waals surface area contributed by atoms with E-state index in [1.807, 2.05) is 12.3 Å². The molecule has 2 N–H and O–H groups in total. The van der Waals surface area contributed by atoms with Crippen LogP contribution in [0.25, 0.3) is 0 Å². The molecule has 9 heteroatoms. The molecule has 0 unspecified atom stereocenters. The highest BCUT2D eigenvalue weighted by Gasteiger charge is 2.23. The van der Waals surface area contributed by atoms with Gasteiger partial charge in [-0.25, -0.2) is 0 Å². The molecule has 2 rings (SSSR count). The molecule has 0 saturated heterocycles. The minimum atomic E-state index is -0.767. The summed E-state index contributed by atoms with van der Waals surface area (Å²) in [4.78, 5) is 35.3. The second-order valence-corrected chi connectivity index (χ2v) is 6.98. The second-order valence-electron chi connectivity index (χ2n) is 5.58. The van der Waals surface area contributed by atoms with Crippen LogP contribution >= 0.6 is 23.4 Å². The van der Waals surface area contributed by atoms with E-state index in [4.69, 9.17) is 11.6 Å². The molecular weight excluding hydrogens is 390 g/mol. The third-order valence-corrected chi connectivity index (χ3v) is 4.64. The zero-order valence-electron chi connectivity index (χ0n) is 14.5. The van der Waals surface area contributed by atoms with Crippen molar-refractivity contribution in [1.29, 1.82) is 0 Å². The smallest absolute Gasteiger partial charge is 0.270 e. The fourth-order valence-corrected chi connectivity index (χ4v) is 3.03. The maximum atomic E-state index is 12.6. The van der Waals surface area contributed by atoms with E-state index in [9.17, 15) is 19.7 Å². The quantitative estimate of drug-likeness (QED) is 0.512. The van der Waals surface area contributed by atoms with Crippen LogP contribution in [-0.4, -0.2) is 34.8 Å². The zero-order chi connectivity index (χ0) is 19.8. The Kier molecular flexibility index (Phi) is 7.63. The van der Waals surface area contributed by atoms with Crippen LogP contribution < -0.4 is 10.6 Å². The Morgan fingerprint density at radius 1 is 1.22 bits per heavy atom. The highest BCUT2D eigenvalue weighted by atomic mass is 35.5. The van der Waals surface area contributed by atoms with Crippen LogP contribution in [0.4, 0.5) is 11.4 Å². The summed E-state index contributed by atoms with van der Waals surface area (Å²) in [5.74, 6) is -0.243. The summed E-state index contributed by atoms with van der Waals surface area (Å²) in [6.07, 6.45) is 2.33. The van der Waals surface area contributed by atoms with Crippen molar-refractivity contribution < 1.29 is 14.5 Å². The topological polar surface area (TPSA) is 101 Å². The lowest BCUT2D eigenvalue weighted by molar-refractivity contribution is -0.384. The lowest BCUT2D eigenvalue weighted by atomic mass is 10.1. The summed E-state index contributed by atoms with van der Waals surface area (Å²) in [5.41, 5.74) is 0.487. The average molecular weight is 408 g/mol. The van der Waals surface area contributed by atoms with Gasteiger partial charge in [0.2, 0.25) is 5.91 Å². The van der Waals surface area contributed by atoms with Crippen LogP contribution in [0.2, 0.25) is 5.02 Å². The van der Waals surface area contributed by atoms with E-state index >= 15 is 0 Å². The first-order valence-electron chi connectivity index (χ1n) is 8.02. The van der Waals surface area contributed by atoms with E-state index in [-0.39, 0.29) is 22.2 Å². The van der Waals surface area contributed by atoms with Crippen LogP contribution in [0, 0.1) is 10.1 Å². The van der Waals surface area contributed by atoms with Crippen LogP contribution in [0.15, 0.2) is 48.5 Å². The molecule has 0 spiro atoms. The minimum absolute atomic E-state index is 0.0474. The molecule has 142 valence electrons. The number of hydrogen-bond donors (Lipinski definition) is 2. The Balaban J connectivity index is 2.13. The fourth-order valence-electron chi connectivity index (χ4n) is 2.29. The van der Waals surface area contributed by atoms with Gasteiger partial charge in [0.05, 0.1) is 15.5 Å². The molecule has 0 aliphatic rings. The molecule has 2 amide bonds. The van der Waals surface area contributed by atoms with Crippen LogP contribution in [0.3, 0.4) is 0 Å². The number of para-hydroxylation sites is 1. The van der Waals surface area contributed by atoms with Gasteiger partial charge >= 0.3 is 0 Å². The van der Waals surface area contributed by atoms with Crippen molar-refractivity contribution >= 4 is 46.6 Å². The van der Waals surface area contributed by atoms with E-state index in [2.05, 4.69) is 10.6 Å². The number of carbonyl (C=O) groups excluding carboxylic acids is 2. The number of amides is 2. The van der Waals surface area contributed by atoms with Gasteiger partial charge in [0, 0.05) is 17.8 Å². The van der Waals surface area contributed by atoms with Crippen molar-refractivity contribution in [2.24, 2.45) is 0 Å². The number of nitro groups is 1. The molecule has 27 heavy (non-hydrogen) atoms. The Bertz CT molecular complexity index is 833. The Hall–Kier alpha value is -2.58. The highest BCUT2D eigenvalue weighted by molar-refractivity contribution is 7.98. The van der Waals surface area contributed by atoms with Crippen molar-refractivity contribution in [3.05, 3.63) is 69.2 Å². The number of nitrogens with zero attached hydrogens (tertiary/aromatic N) is 1. The molecule has 0 aliphatic heterocycles. The normalized spacial score (nSPS) is 11.5. The number of nitrogens with one attached hydrogen (secondary N) is 2. The molecule has 7 nitrogen and oxygen atoms in total. The number of rotatable bonds is 8. The minimum Gasteiger partial charge on any atom is -0.340 e. The molecule has 1 atom stereocenters. The SMILES string of the molecule is CSCC[C@@H](NC(=O)c1ccc([N+](=O)[O-])cc1Cl)C(=O)Nc1ccccc1. The molecule has 0 fully saturated rings. The number of anilines is 1. The third kappa shape index (κ3) is 5.97. The third-order valence-electron chi connectivity index (χ3n) is 3.68. The molecule has 2 aromatic rings. The van der Waals surface area contributed by atoms with E-state index in [0.29, 0.717) is 17.9 Å². The van der Waals surface area contributed by atoms with Gasteiger partial charge in [0.15, 0.2) is 0 Å². The van der Waals surface area contributed by atoms with Gasteiger partial charge in [-0.15, -0.1) is 0 Å². The summed E-state index contributed by atoms with van der Waals surface area (Å²) in [7, 11) is 0. The lowest BCUT2D eigenvalue weighted by Gasteiger charge is -2.18. The predicted octanol–water partition coefficient (Wildman–Crippen LogP) is 3.74. The Labute approximate surface area is 165 Å². The molecule has 0 radical (unpaired) electrons. The maximum absolute atomic E-state index is 12.6. The Morgan fingerprint density at radius 2 is 1.93 bits per heavy atom. The molecule has 0 aromatic heterocycles. The first-order chi connectivity index (χ1) is 12.9. The van der Waals surface area contributed by atoms with Crippen molar-refractivity contribution in [3.8, 4) is 0 Å². The predicted molar refractivity (Wildman–Crippen MR) is 107 cm³/mol. The number of thioether (sulfide) groups is 1. The maximum Gasteiger partial charge on any atom is 0.270 e. The number of benzene rings is 2. The van der Waals surface area contributed by atoms with Crippen LogP contribution in [0.1, 0.15) is 16.8 Å². The van der Waals surface area contributed by atoms with Crippen molar-refractivity contribution in [1.82, 2.24) is 5.32 Å². The molecule has 0 saturated carbocycles. The molecular formula is C18H18ClN3O4S. The highest BCUT2D eigenvalue weighted by Crippen LogP contribution is 2.22. The Morgan fingerprint density at radius 3 is 2.52 bits per heavy atom. The standard InChI is InChI=1S/C18H18ClN3O4S/c1-27-10-9-16(18(24)20-12-5-3-2-4-6-12)21-17(23)14-8-7-13(22(25)26)11-15(14)19/h2-8,11,16H,9-10H2,1H3,(H,20,24)(H,21,23)/t16-/m1/s1. The fraction of sp³-hybridized carbons (Fsp3) is 0.222. The summed E-state index contributed by atoms with van der Waals surface area (Å²) < 4.78 is 0. The van der Waals surface area contributed by atoms with Crippen molar-refractivity contribution in [3.63, 3.8) is 0 Å². The molecule has 0 aliphatic carbocycles. The van der Waals surface area contributed by atoms with E-state index in [0.717, 1.165) is 6.07 Å². The largest absolute Gasteiger partial charge is 0.340 e. The lowest BCUT2D eigenvalue weighted by Crippen LogP contribution is -2.44. The van der Waals surface area contributed by atoms with Crippen LogP contribution in [-0.2, 0) is 4.79 Å². The van der Waals surface area contributed by atoms with Gasteiger partial charge < -0.3 is 10.6 Å². The van der Waals surface area contributed by atoms with Gasteiger partial charge in [0.25, 0.3) is 11.6 Å². The average Bonchev–Trinajstić information content (AvgIpc) is 2.65. The van der Waals surface area contributed by atoms with E-state index in [1.54, 1.807) is 36.0 Å². The van der Waals surface area contributed by atoms with Gasteiger partial charge in [-0.3, -0.25) is 19.7 Å². The summed E-state index contributed by atoms with van der Waals surface area (Å²) in [5, 5.41) is 16.2. The number of halogens is 1. The van der Waals surface area contributed by atoms with Crippen molar-refractivity contribution in [2.75, 3.05) is 17.3 Å². The molecule has 0 bridgehead atoms. The number of non-ortho nitro benzene ring substituents is 1. The van der Waals surface area contributed by atoms with Gasteiger partial charge in [-0.1, -0.05) is 29.8 Å². The van der Waals surface area contributed by atoms with E-state index < -0.39 is 16.9 Å². The van der Waals surface area contributed by atoms with Gasteiger partial charge in [0.1, 0.15) is 6.04 Å².